The molecule has 2 aromatic carbocycles. The van der Waals surface area contributed by atoms with E-state index in [1.807, 2.05) is 30.1 Å². The minimum atomic E-state index is -3.91. The monoisotopic (exact) mass is 385 g/mol. The van der Waals surface area contributed by atoms with Crippen molar-refractivity contribution in [3.8, 4) is 5.75 Å². The number of likely N-dealkylation sites (N-methyl/N-ethyl adjacent to an activating group) is 1. The van der Waals surface area contributed by atoms with E-state index in [9.17, 15) is 13.2 Å². The van der Waals surface area contributed by atoms with Crippen molar-refractivity contribution in [3.05, 3.63) is 58.9 Å². The molecule has 0 atom stereocenters. The highest BCUT2D eigenvalue weighted by molar-refractivity contribution is 7.92. The molecule has 0 radical (unpaired) electrons. The van der Waals surface area contributed by atoms with E-state index in [0.29, 0.717) is 30.1 Å². The minimum absolute atomic E-state index is 0.0658. The third-order valence-electron chi connectivity index (χ3n) is 4.76. The molecule has 0 bridgehead atoms. The Morgan fingerprint density at radius 2 is 1.93 bits per heavy atom. The molecule has 0 aliphatic carbocycles. The van der Waals surface area contributed by atoms with Gasteiger partial charge in [0, 0.05) is 25.0 Å². The van der Waals surface area contributed by atoms with Crippen molar-refractivity contribution < 1.29 is 13.2 Å². The molecule has 7 nitrogen and oxygen atoms in total. The zero-order valence-corrected chi connectivity index (χ0v) is 15.8. The molecule has 0 spiro atoms. The molecule has 2 heterocycles. The molecule has 3 aromatic rings. The van der Waals surface area contributed by atoms with Gasteiger partial charge in [0.1, 0.15) is 18.0 Å². The molecule has 1 aliphatic rings. The second-order valence-corrected chi connectivity index (χ2v) is 8.41. The number of hydrogen-bond acceptors (Lipinski definition) is 5. The topological polar surface area (TPSA) is 82.7 Å². The molecule has 0 saturated carbocycles. The highest BCUT2D eigenvalue weighted by atomic mass is 32.2. The summed E-state index contributed by atoms with van der Waals surface area (Å²) in [5.41, 5.74) is 0.974. The largest absolute Gasteiger partial charge is 0.490 e. The SMILES string of the molecule is CN1CCOc2ccc(S(=O)(=O)N(C)c3cc4ccccc4[nH]c3=O)cc21. The van der Waals surface area contributed by atoms with Crippen LogP contribution in [0.15, 0.2) is 58.2 Å². The van der Waals surface area contributed by atoms with Crippen molar-refractivity contribution in [2.24, 2.45) is 0 Å². The summed E-state index contributed by atoms with van der Waals surface area (Å²) in [6, 6.07) is 13.5. The van der Waals surface area contributed by atoms with Gasteiger partial charge >= 0.3 is 0 Å². The van der Waals surface area contributed by atoms with Crippen LogP contribution in [0.25, 0.3) is 10.9 Å². The van der Waals surface area contributed by atoms with Gasteiger partial charge in [-0.3, -0.25) is 9.10 Å². The number of rotatable bonds is 3. The van der Waals surface area contributed by atoms with Gasteiger partial charge in [-0.25, -0.2) is 8.42 Å². The highest BCUT2D eigenvalue weighted by Gasteiger charge is 2.26. The molecule has 27 heavy (non-hydrogen) atoms. The predicted octanol–water partition coefficient (Wildman–Crippen LogP) is 2.18. The Bertz CT molecular complexity index is 1190. The minimum Gasteiger partial charge on any atom is -0.490 e. The second-order valence-electron chi connectivity index (χ2n) is 6.44. The fraction of sp³-hybridized carbons (Fsp3) is 0.211. The Morgan fingerprint density at radius 1 is 1.15 bits per heavy atom. The van der Waals surface area contributed by atoms with E-state index in [2.05, 4.69) is 4.98 Å². The number of aromatic amines is 1. The summed E-state index contributed by atoms with van der Waals surface area (Å²) in [5.74, 6) is 0.647. The fourth-order valence-corrected chi connectivity index (χ4v) is 4.36. The van der Waals surface area contributed by atoms with Gasteiger partial charge in [0.15, 0.2) is 0 Å². The Balaban J connectivity index is 1.79. The molecular weight excluding hydrogens is 366 g/mol. The molecule has 1 aliphatic heterocycles. The van der Waals surface area contributed by atoms with E-state index in [4.69, 9.17) is 4.74 Å². The summed E-state index contributed by atoms with van der Waals surface area (Å²) in [7, 11) is -0.641. The van der Waals surface area contributed by atoms with Crippen molar-refractivity contribution in [1.29, 1.82) is 0 Å². The van der Waals surface area contributed by atoms with Crippen LogP contribution in [0.3, 0.4) is 0 Å². The summed E-state index contributed by atoms with van der Waals surface area (Å²) >= 11 is 0. The lowest BCUT2D eigenvalue weighted by Gasteiger charge is -2.28. The maximum Gasteiger partial charge on any atom is 0.272 e. The standard InChI is InChI=1S/C19H19N3O4S/c1-21-9-10-26-18-8-7-14(12-16(18)21)27(24,25)22(2)17-11-13-5-3-4-6-15(13)20-19(17)23/h3-8,11-12H,9-10H2,1-2H3,(H,20,23). The van der Waals surface area contributed by atoms with E-state index in [-0.39, 0.29) is 10.6 Å². The molecule has 1 N–H and O–H groups in total. The molecule has 4 rings (SSSR count). The number of para-hydroxylation sites is 1. The number of benzene rings is 2. The average Bonchev–Trinajstić information content (AvgIpc) is 2.67. The van der Waals surface area contributed by atoms with Crippen LogP contribution in [0.2, 0.25) is 0 Å². The van der Waals surface area contributed by atoms with Crippen LogP contribution in [-0.2, 0) is 10.0 Å². The quantitative estimate of drug-likeness (QED) is 0.747. The van der Waals surface area contributed by atoms with E-state index >= 15 is 0 Å². The maximum absolute atomic E-state index is 13.1. The molecule has 0 amide bonds. The van der Waals surface area contributed by atoms with Crippen LogP contribution in [0, 0.1) is 0 Å². The fourth-order valence-electron chi connectivity index (χ4n) is 3.15. The molecule has 140 valence electrons. The van der Waals surface area contributed by atoms with Crippen molar-refractivity contribution in [2.75, 3.05) is 36.5 Å². The number of aromatic nitrogens is 1. The first-order valence-electron chi connectivity index (χ1n) is 8.47. The van der Waals surface area contributed by atoms with Crippen molar-refractivity contribution in [3.63, 3.8) is 0 Å². The summed E-state index contributed by atoms with van der Waals surface area (Å²) in [4.78, 5) is 17.2. The van der Waals surface area contributed by atoms with Crippen LogP contribution in [0.1, 0.15) is 0 Å². The van der Waals surface area contributed by atoms with Gasteiger partial charge < -0.3 is 14.6 Å². The normalized spacial score (nSPS) is 13.9. The number of fused-ring (bicyclic) bond motifs is 2. The Morgan fingerprint density at radius 3 is 2.74 bits per heavy atom. The zero-order chi connectivity index (χ0) is 19.2. The molecule has 8 heteroatoms. The number of sulfonamides is 1. The Hall–Kier alpha value is -3.00. The average molecular weight is 385 g/mol. The third-order valence-corrected chi connectivity index (χ3v) is 6.52. The maximum atomic E-state index is 13.1. The van der Waals surface area contributed by atoms with Crippen LogP contribution >= 0.6 is 0 Å². The summed E-state index contributed by atoms with van der Waals surface area (Å²) < 4.78 is 32.8. The predicted molar refractivity (Wildman–Crippen MR) is 105 cm³/mol. The van der Waals surface area contributed by atoms with Crippen molar-refractivity contribution in [2.45, 2.75) is 4.90 Å². The summed E-state index contributed by atoms with van der Waals surface area (Å²) in [5, 5.41) is 0.757. The Labute approximate surface area is 156 Å². The number of hydrogen-bond donors (Lipinski definition) is 1. The van der Waals surface area contributed by atoms with Gasteiger partial charge in [-0.05, 0) is 30.3 Å². The molecule has 0 fully saturated rings. The van der Waals surface area contributed by atoms with Gasteiger partial charge in [0.25, 0.3) is 15.6 Å². The summed E-state index contributed by atoms with van der Waals surface area (Å²) in [6.45, 7) is 1.23. The van der Waals surface area contributed by atoms with Crippen LogP contribution in [0.5, 0.6) is 5.75 Å². The van der Waals surface area contributed by atoms with Crippen LogP contribution in [-0.4, -0.2) is 40.6 Å². The van der Waals surface area contributed by atoms with Gasteiger partial charge in [0.2, 0.25) is 0 Å². The van der Waals surface area contributed by atoms with Crippen LogP contribution < -0.4 is 19.5 Å². The lowest BCUT2D eigenvalue weighted by Crippen LogP contribution is -2.32. The number of pyridine rings is 1. The summed E-state index contributed by atoms with van der Waals surface area (Å²) in [6.07, 6.45) is 0. The highest BCUT2D eigenvalue weighted by Crippen LogP contribution is 2.34. The first kappa shape index (κ1) is 17.4. The number of anilines is 2. The first-order chi connectivity index (χ1) is 12.9. The van der Waals surface area contributed by atoms with E-state index in [0.717, 1.165) is 9.69 Å². The second kappa shape index (κ2) is 6.31. The number of nitrogens with one attached hydrogen (secondary N) is 1. The van der Waals surface area contributed by atoms with Crippen molar-refractivity contribution >= 4 is 32.3 Å². The van der Waals surface area contributed by atoms with Gasteiger partial charge in [-0.2, -0.15) is 0 Å². The van der Waals surface area contributed by atoms with E-state index in [1.165, 1.54) is 13.1 Å². The lowest BCUT2D eigenvalue weighted by atomic mass is 10.2. The molecule has 0 unspecified atom stereocenters. The molecular formula is C19H19N3O4S. The Kier molecular flexibility index (Phi) is 4.07. The van der Waals surface area contributed by atoms with Crippen LogP contribution in [0.4, 0.5) is 11.4 Å². The van der Waals surface area contributed by atoms with Gasteiger partial charge in [-0.15, -0.1) is 0 Å². The van der Waals surface area contributed by atoms with Gasteiger partial charge in [0.05, 0.1) is 17.1 Å². The van der Waals surface area contributed by atoms with E-state index in [1.54, 1.807) is 24.3 Å². The first-order valence-corrected chi connectivity index (χ1v) is 9.91. The lowest BCUT2D eigenvalue weighted by molar-refractivity contribution is 0.311. The molecule has 1 aromatic heterocycles. The van der Waals surface area contributed by atoms with E-state index < -0.39 is 15.6 Å². The number of ether oxygens (including phenoxy) is 1. The number of H-pyrrole nitrogens is 1. The van der Waals surface area contributed by atoms with Gasteiger partial charge in [-0.1, -0.05) is 18.2 Å². The third kappa shape index (κ3) is 2.91. The zero-order valence-electron chi connectivity index (χ0n) is 15.0. The van der Waals surface area contributed by atoms with Crippen molar-refractivity contribution in [1.82, 2.24) is 4.98 Å². The smallest absolute Gasteiger partial charge is 0.272 e. The molecule has 0 saturated heterocycles. The number of nitrogens with zero attached hydrogens (tertiary/aromatic N) is 2.